The zero-order chi connectivity index (χ0) is 24.2. The van der Waals surface area contributed by atoms with Gasteiger partial charge in [0.2, 0.25) is 5.88 Å². The highest BCUT2D eigenvalue weighted by Crippen LogP contribution is 2.30. The van der Waals surface area contributed by atoms with E-state index in [0.29, 0.717) is 30.1 Å². The molecule has 0 radical (unpaired) electrons. The van der Waals surface area contributed by atoms with Crippen molar-refractivity contribution in [1.29, 1.82) is 0 Å². The van der Waals surface area contributed by atoms with Crippen LogP contribution in [0.4, 0.5) is 4.79 Å². The lowest BCUT2D eigenvalue weighted by molar-refractivity contribution is -0.143. The molecule has 0 saturated heterocycles. The summed E-state index contributed by atoms with van der Waals surface area (Å²) < 4.78 is 13.3. The van der Waals surface area contributed by atoms with Gasteiger partial charge in [-0.2, -0.15) is 5.10 Å². The number of hydrogen-bond acceptors (Lipinski definition) is 7. The highest BCUT2D eigenvalue weighted by Gasteiger charge is 2.29. The molecule has 2 heterocycles. The maximum absolute atomic E-state index is 12.5. The van der Waals surface area contributed by atoms with Gasteiger partial charge in [0, 0.05) is 25.7 Å². The predicted molar refractivity (Wildman–Crippen MR) is 123 cm³/mol. The Morgan fingerprint density at radius 3 is 2.65 bits per heavy atom. The van der Waals surface area contributed by atoms with Crippen LogP contribution in [0.15, 0.2) is 12.4 Å². The van der Waals surface area contributed by atoms with Gasteiger partial charge in [-0.1, -0.05) is 12.8 Å². The van der Waals surface area contributed by atoms with Crippen molar-refractivity contribution in [2.45, 2.75) is 77.0 Å². The quantitative estimate of drug-likeness (QED) is 0.649. The van der Waals surface area contributed by atoms with Gasteiger partial charge in [-0.15, -0.1) is 0 Å². The van der Waals surface area contributed by atoms with Crippen molar-refractivity contribution in [2.24, 2.45) is 13.0 Å². The maximum Gasteiger partial charge on any atom is 0.410 e. The molecule has 1 amide bonds. The summed E-state index contributed by atoms with van der Waals surface area (Å²) in [6.45, 7) is 1.90. The van der Waals surface area contributed by atoms with Gasteiger partial charge in [0.15, 0.2) is 0 Å². The Labute approximate surface area is 199 Å². The fourth-order valence-electron chi connectivity index (χ4n) is 4.87. The molecule has 4 rings (SSSR count). The minimum atomic E-state index is -0.773. The average molecular weight is 472 g/mol. The molecule has 2 atom stereocenters. The van der Waals surface area contributed by atoms with Gasteiger partial charge in [0.05, 0.1) is 29.7 Å². The van der Waals surface area contributed by atoms with E-state index in [9.17, 15) is 14.7 Å². The lowest BCUT2D eigenvalue weighted by Crippen LogP contribution is -2.35. The fourth-order valence-corrected chi connectivity index (χ4v) is 4.87. The maximum atomic E-state index is 12.5. The molecule has 2 aliphatic rings. The van der Waals surface area contributed by atoms with Crippen molar-refractivity contribution in [2.75, 3.05) is 7.05 Å². The molecule has 2 aromatic heterocycles. The summed E-state index contributed by atoms with van der Waals surface area (Å²) in [5, 5.41) is 13.6. The molecule has 0 bridgehead atoms. The first-order chi connectivity index (χ1) is 16.3. The van der Waals surface area contributed by atoms with Crippen LogP contribution in [0, 0.1) is 12.8 Å². The standard InChI is InChI=1S/C24H33N5O5/c1-15-22(34-18-10-6-7-16(11-18)23(30)31)25-13-20(27-15)19-12-26-29(3)21(19)14-33-24(32)28(2)17-8-4-5-9-17/h12-13,16-18H,4-11,14H2,1-3H3,(H,30,31)/t16-,18-/m0/s1. The highest BCUT2D eigenvalue weighted by atomic mass is 16.6. The first-order valence-electron chi connectivity index (χ1n) is 12.0. The Kier molecular flexibility index (Phi) is 7.33. The molecule has 2 fully saturated rings. The lowest BCUT2D eigenvalue weighted by Gasteiger charge is -2.27. The number of amides is 1. The summed E-state index contributed by atoms with van der Waals surface area (Å²) in [5.74, 6) is -0.736. The highest BCUT2D eigenvalue weighted by molar-refractivity contribution is 5.70. The number of aryl methyl sites for hydroxylation is 2. The van der Waals surface area contributed by atoms with Crippen molar-refractivity contribution < 1.29 is 24.2 Å². The van der Waals surface area contributed by atoms with Crippen LogP contribution in [0.2, 0.25) is 0 Å². The van der Waals surface area contributed by atoms with Crippen LogP contribution < -0.4 is 4.74 Å². The van der Waals surface area contributed by atoms with E-state index in [-0.39, 0.29) is 30.8 Å². The summed E-state index contributed by atoms with van der Waals surface area (Å²) in [7, 11) is 3.59. The van der Waals surface area contributed by atoms with Gasteiger partial charge in [-0.3, -0.25) is 9.48 Å². The number of carbonyl (C=O) groups excluding carboxylic acids is 1. The molecule has 10 heteroatoms. The minimum Gasteiger partial charge on any atom is -0.481 e. The lowest BCUT2D eigenvalue weighted by atomic mass is 9.87. The number of carboxylic acids is 1. The molecule has 10 nitrogen and oxygen atoms in total. The Balaban J connectivity index is 1.43. The number of carbonyl (C=O) groups is 2. The second-order valence-electron chi connectivity index (χ2n) is 9.32. The molecular weight excluding hydrogens is 438 g/mol. The van der Waals surface area contributed by atoms with Crippen LogP contribution >= 0.6 is 0 Å². The van der Waals surface area contributed by atoms with Crippen molar-refractivity contribution >= 4 is 12.1 Å². The minimum absolute atomic E-state index is 0.0827. The van der Waals surface area contributed by atoms with Gasteiger partial charge in [-0.05, 0) is 45.4 Å². The van der Waals surface area contributed by atoms with E-state index >= 15 is 0 Å². The average Bonchev–Trinajstić information content (AvgIpc) is 3.48. The van der Waals surface area contributed by atoms with Crippen LogP contribution in [0.1, 0.15) is 62.8 Å². The number of nitrogens with zero attached hydrogens (tertiary/aromatic N) is 5. The number of rotatable bonds is 7. The topological polar surface area (TPSA) is 120 Å². The molecule has 0 aliphatic heterocycles. The summed E-state index contributed by atoms with van der Waals surface area (Å²) in [5.41, 5.74) is 2.69. The van der Waals surface area contributed by atoms with Gasteiger partial charge in [0.25, 0.3) is 0 Å². The molecule has 34 heavy (non-hydrogen) atoms. The Hall–Kier alpha value is -3.17. The van der Waals surface area contributed by atoms with Crippen LogP contribution in [0.3, 0.4) is 0 Å². The van der Waals surface area contributed by atoms with Gasteiger partial charge < -0.3 is 19.5 Å². The van der Waals surface area contributed by atoms with Crippen LogP contribution in [-0.2, 0) is 23.2 Å². The Morgan fingerprint density at radius 1 is 1.18 bits per heavy atom. The SMILES string of the molecule is Cc1nc(-c2cnn(C)c2COC(=O)N(C)C2CCCC2)cnc1O[C@H]1CCC[C@H](C(=O)O)C1. The smallest absolute Gasteiger partial charge is 0.410 e. The van der Waals surface area contributed by atoms with E-state index in [1.165, 1.54) is 0 Å². The molecule has 0 aromatic carbocycles. The zero-order valence-corrected chi connectivity index (χ0v) is 20.1. The van der Waals surface area contributed by atoms with E-state index in [2.05, 4.69) is 15.1 Å². The molecular formula is C24H33N5O5. The van der Waals surface area contributed by atoms with Gasteiger partial charge in [0.1, 0.15) is 18.4 Å². The fraction of sp³-hybridized carbons (Fsp3) is 0.625. The zero-order valence-electron chi connectivity index (χ0n) is 20.1. The third-order valence-electron chi connectivity index (χ3n) is 6.99. The molecule has 2 saturated carbocycles. The second-order valence-corrected chi connectivity index (χ2v) is 9.32. The molecule has 1 N–H and O–H groups in total. The van der Waals surface area contributed by atoms with Crippen LogP contribution in [0.5, 0.6) is 5.88 Å². The normalized spacial score (nSPS) is 20.8. The van der Waals surface area contributed by atoms with Crippen molar-refractivity contribution in [1.82, 2.24) is 24.6 Å². The second kappa shape index (κ2) is 10.4. The molecule has 184 valence electrons. The van der Waals surface area contributed by atoms with Gasteiger partial charge in [-0.25, -0.2) is 14.8 Å². The number of aliphatic carboxylic acids is 1. The Morgan fingerprint density at radius 2 is 1.94 bits per heavy atom. The van der Waals surface area contributed by atoms with Crippen LogP contribution in [0.25, 0.3) is 11.3 Å². The number of carboxylic acid groups (broad SMARTS) is 1. The third kappa shape index (κ3) is 5.31. The molecule has 0 spiro atoms. The van der Waals surface area contributed by atoms with Gasteiger partial charge >= 0.3 is 12.1 Å². The van der Waals surface area contributed by atoms with Crippen molar-refractivity contribution in [3.05, 3.63) is 23.8 Å². The van der Waals surface area contributed by atoms with Crippen molar-refractivity contribution in [3.8, 4) is 17.1 Å². The van der Waals surface area contributed by atoms with Crippen LogP contribution in [-0.4, -0.2) is 61.0 Å². The number of hydrogen-bond donors (Lipinski definition) is 1. The largest absolute Gasteiger partial charge is 0.481 e. The number of aromatic nitrogens is 4. The summed E-state index contributed by atoms with van der Waals surface area (Å²) in [6, 6.07) is 0.245. The third-order valence-corrected chi connectivity index (χ3v) is 6.99. The summed E-state index contributed by atoms with van der Waals surface area (Å²) in [4.78, 5) is 34.7. The van der Waals surface area contributed by atoms with E-state index < -0.39 is 5.97 Å². The van der Waals surface area contributed by atoms with Crippen molar-refractivity contribution in [3.63, 3.8) is 0 Å². The summed E-state index contributed by atoms with van der Waals surface area (Å²) >= 11 is 0. The van der Waals surface area contributed by atoms with E-state index in [0.717, 1.165) is 49.8 Å². The molecule has 2 aliphatic carbocycles. The van der Waals surface area contributed by atoms with E-state index in [1.54, 1.807) is 36.1 Å². The monoisotopic (exact) mass is 471 g/mol. The van der Waals surface area contributed by atoms with E-state index in [1.807, 2.05) is 6.92 Å². The molecule has 0 unspecified atom stereocenters. The Bertz CT molecular complexity index is 1030. The predicted octanol–water partition coefficient (Wildman–Crippen LogP) is 3.72. The summed E-state index contributed by atoms with van der Waals surface area (Å²) in [6.07, 6.45) is 9.90. The first kappa shape index (κ1) is 24.0. The van der Waals surface area contributed by atoms with E-state index in [4.69, 9.17) is 9.47 Å². The number of ether oxygens (including phenoxy) is 2. The first-order valence-corrected chi connectivity index (χ1v) is 12.0. The molecule has 2 aromatic rings.